The lowest BCUT2D eigenvalue weighted by Crippen LogP contribution is -2.10. The SMILES string of the molecule is COC(=O)c1c(C(F)F)ncc(O)c1I. The van der Waals surface area contributed by atoms with Crippen molar-refractivity contribution >= 4 is 28.6 Å². The molecule has 1 aromatic rings. The molecule has 0 aliphatic carbocycles. The maximum absolute atomic E-state index is 12.5. The maximum Gasteiger partial charge on any atom is 0.341 e. The van der Waals surface area contributed by atoms with Crippen LogP contribution in [0.25, 0.3) is 0 Å². The van der Waals surface area contributed by atoms with Gasteiger partial charge in [0.15, 0.2) is 0 Å². The minimum atomic E-state index is -2.90. The van der Waals surface area contributed by atoms with Crippen LogP contribution in [0.5, 0.6) is 5.75 Å². The molecule has 7 heteroatoms. The topological polar surface area (TPSA) is 59.4 Å². The number of hydrogen-bond acceptors (Lipinski definition) is 4. The third-order valence-corrected chi connectivity index (χ3v) is 2.71. The fourth-order valence-electron chi connectivity index (χ4n) is 0.954. The number of nitrogens with zero attached hydrogens (tertiary/aromatic N) is 1. The lowest BCUT2D eigenvalue weighted by Gasteiger charge is -2.08. The Labute approximate surface area is 97.4 Å². The molecule has 1 N–H and O–H groups in total. The Balaban J connectivity index is 3.41. The number of esters is 1. The van der Waals surface area contributed by atoms with Gasteiger partial charge in [0.1, 0.15) is 17.0 Å². The van der Waals surface area contributed by atoms with E-state index in [-0.39, 0.29) is 9.32 Å². The number of aromatic hydroxyl groups is 1. The summed E-state index contributed by atoms with van der Waals surface area (Å²) in [4.78, 5) is 14.5. The molecule has 0 atom stereocenters. The van der Waals surface area contributed by atoms with Crippen LogP contribution in [0.15, 0.2) is 6.20 Å². The number of methoxy groups -OCH3 is 1. The van der Waals surface area contributed by atoms with Crippen LogP contribution in [-0.2, 0) is 4.74 Å². The van der Waals surface area contributed by atoms with Crippen molar-refractivity contribution in [2.24, 2.45) is 0 Å². The highest BCUT2D eigenvalue weighted by Gasteiger charge is 2.25. The van der Waals surface area contributed by atoms with Crippen LogP contribution in [0, 0.1) is 3.57 Å². The fourth-order valence-corrected chi connectivity index (χ4v) is 1.59. The summed E-state index contributed by atoms with van der Waals surface area (Å²) in [6.07, 6.45) is -2.02. The first kappa shape index (κ1) is 12.1. The van der Waals surface area contributed by atoms with Crippen molar-refractivity contribution in [3.05, 3.63) is 21.0 Å². The van der Waals surface area contributed by atoms with Crippen molar-refractivity contribution in [2.45, 2.75) is 6.43 Å². The predicted octanol–water partition coefficient (Wildman–Crippen LogP) is 2.12. The van der Waals surface area contributed by atoms with Gasteiger partial charge in [0.25, 0.3) is 6.43 Å². The summed E-state index contributed by atoms with van der Waals surface area (Å²) in [6, 6.07) is 0. The molecule has 82 valence electrons. The van der Waals surface area contributed by atoms with E-state index in [0.29, 0.717) is 0 Å². The molecular formula is C8H6F2INO3. The number of aromatic nitrogens is 1. The molecule has 0 unspecified atom stereocenters. The molecule has 0 spiro atoms. The zero-order chi connectivity index (χ0) is 11.6. The molecule has 0 saturated carbocycles. The standard InChI is InChI=1S/C8H6F2INO3/c1-15-8(14)4-5(11)3(13)2-12-6(4)7(9)10/h2,7,13H,1H3. The molecule has 0 aliphatic rings. The summed E-state index contributed by atoms with van der Waals surface area (Å²) in [5, 5.41) is 9.23. The molecule has 1 aromatic heterocycles. The van der Waals surface area contributed by atoms with Gasteiger partial charge in [-0.3, -0.25) is 4.98 Å². The van der Waals surface area contributed by atoms with Gasteiger partial charge in [-0.15, -0.1) is 0 Å². The van der Waals surface area contributed by atoms with E-state index >= 15 is 0 Å². The summed E-state index contributed by atoms with van der Waals surface area (Å²) in [5.41, 5.74) is -1.09. The number of pyridine rings is 1. The highest BCUT2D eigenvalue weighted by atomic mass is 127. The average molecular weight is 329 g/mol. The minimum Gasteiger partial charge on any atom is -0.505 e. The molecule has 1 heterocycles. The van der Waals surface area contributed by atoms with Crippen LogP contribution < -0.4 is 0 Å². The molecule has 4 nitrogen and oxygen atoms in total. The Kier molecular flexibility index (Phi) is 3.77. The number of carbonyl (C=O) groups excluding carboxylic acids is 1. The second kappa shape index (κ2) is 4.69. The molecule has 0 aromatic carbocycles. The number of hydrogen-bond donors (Lipinski definition) is 1. The van der Waals surface area contributed by atoms with Crippen molar-refractivity contribution in [3.63, 3.8) is 0 Å². The Morgan fingerprint density at radius 3 is 2.73 bits per heavy atom. The summed E-state index contributed by atoms with van der Waals surface area (Å²) >= 11 is 1.58. The van der Waals surface area contributed by atoms with Crippen LogP contribution in [0.1, 0.15) is 22.5 Å². The predicted molar refractivity (Wildman–Crippen MR) is 54.9 cm³/mol. The monoisotopic (exact) mass is 329 g/mol. The Bertz CT molecular complexity index is 398. The third-order valence-electron chi connectivity index (χ3n) is 1.62. The van der Waals surface area contributed by atoms with E-state index in [9.17, 15) is 18.7 Å². The van der Waals surface area contributed by atoms with Crippen LogP contribution in [0.4, 0.5) is 8.78 Å². The largest absolute Gasteiger partial charge is 0.505 e. The molecule has 15 heavy (non-hydrogen) atoms. The lowest BCUT2D eigenvalue weighted by molar-refractivity contribution is 0.0585. The molecule has 0 saturated heterocycles. The second-order valence-corrected chi connectivity index (χ2v) is 3.59. The second-order valence-electron chi connectivity index (χ2n) is 2.51. The zero-order valence-electron chi connectivity index (χ0n) is 7.50. The highest BCUT2D eigenvalue weighted by Crippen LogP contribution is 2.30. The van der Waals surface area contributed by atoms with Crippen molar-refractivity contribution in [1.29, 1.82) is 0 Å². The quantitative estimate of drug-likeness (QED) is 0.667. The van der Waals surface area contributed by atoms with Gasteiger partial charge < -0.3 is 9.84 Å². The third kappa shape index (κ3) is 2.33. The highest BCUT2D eigenvalue weighted by molar-refractivity contribution is 14.1. The van der Waals surface area contributed by atoms with E-state index in [1.165, 1.54) is 0 Å². The van der Waals surface area contributed by atoms with Gasteiger partial charge in [-0.25, -0.2) is 13.6 Å². The van der Waals surface area contributed by atoms with Gasteiger partial charge in [-0.1, -0.05) is 0 Å². The van der Waals surface area contributed by atoms with E-state index in [1.54, 1.807) is 22.6 Å². The van der Waals surface area contributed by atoms with E-state index < -0.39 is 23.7 Å². The van der Waals surface area contributed by atoms with Gasteiger partial charge in [-0.05, 0) is 22.6 Å². The Morgan fingerprint density at radius 2 is 2.27 bits per heavy atom. The van der Waals surface area contributed by atoms with Gasteiger partial charge in [-0.2, -0.15) is 0 Å². The van der Waals surface area contributed by atoms with Crippen molar-refractivity contribution in [1.82, 2.24) is 4.98 Å². The summed E-state index contributed by atoms with van der Waals surface area (Å²) in [6.45, 7) is 0. The number of rotatable bonds is 2. The Morgan fingerprint density at radius 1 is 1.67 bits per heavy atom. The van der Waals surface area contributed by atoms with Gasteiger partial charge in [0.2, 0.25) is 0 Å². The molecule has 0 fully saturated rings. The number of halogens is 3. The molecule has 0 amide bonds. The first-order valence-electron chi connectivity index (χ1n) is 3.72. The van der Waals surface area contributed by atoms with Gasteiger partial charge >= 0.3 is 5.97 Å². The lowest BCUT2D eigenvalue weighted by atomic mass is 10.2. The Hall–Kier alpha value is -0.990. The van der Waals surface area contributed by atoms with Crippen LogP contribution in [0.3, 0.4) is 0 Å². The van der Waals surface area contributed by atoms with E-state index in [1.807, 2.05) is 0 Å². The summed E-state index contributed by atoms with van der Waals surface area (Å²) < 4.78 is 29.3. The van der Waals surface area contributed by atoms with Crippen molar-refractivity contribution in [2.75, 3.05) is 7.11 Å². The van der Waals surface area contributed by atoms with Crippen LogP contribution >= 0.6 is 22.6 Å². The van der Waals surface area contributed by atoms with Crippen LogP contribution in [0.2, 0.25) is 0 Å². The average Bonchev–Trinajstić information content (AvgIpc) is 2.20. The van der Waals surface area contributed by atoms with E-state index in [4.69, 9.17) is 0 Å². The molecule has 0 bridgehead atoms. The molecule has 1 rings (SSSR count). The first-order chi connectivity index (χ1) is 6.99. The summed E-state index contributed by atoms with van der Waals surface area (Å²) in [5.74, 6) is -1.28. The van der Waals surface area contributed by atoms with Gasteiger partial charge in [0, 0.05) is 0 Å². The number of alkyl halides is 2. The molecular weight excluding hydrogens is 323 g/mol. The number of ether oxygens (including phenoxy) is 1. The van der Waals surface area contributed by atoms with E-state index in [0.717, 1.165) is 13.3 Å². The van der Waals surface area contributed by atoms with Crippen molar-refractivity contribution < 1.29 is 23.4 Å². The van der Waals surface area contributed by atoms with Crippen LogP contribution in [-0.4, -0.2) is 23.2 Å². The first-order valence-corrected chi connectivity index (χ1v) is 4.80. The van der Waals surface area contributed by atoms with E-state index in [2.05, 4.69) is 9.72 Å². The molecule has 0 aliphatic heterocycles. The molecule has 0 radical (unpaired) electrons. The van der Waals surface area contributed by atoms with Crippen molar-refractivity contribution in [3.8, 4) is 5.75 Å². The smallest absolute Gasteiger partial charge is 0.341 e. The normalized spacial score (nSPS) is 10.5. The fraction of sp³-hybridized carbons (Fsp3) is 0.250. The number of carbonyl (C=O) groups is 1. The minimum absolute atomic E-state index is 0.00440. The van der Waals surface area contributed by atoms with Gasteiger partial charge in [0.05, 0.1) is 16.9 Å². The zero-order valence-corrected chi connectivity index (χ0v) is 9.66. The summed E-state index contributed by atoms with van der Waals surface area (Å²) in [7, 11) is 1.07. The maximum atomic E-state index is 12.5.